The first kappa shape index (κ1) is 22.8. The van der Waals surface area contributed by atoms with Crippen molar-refractivity contribution >= 4 is 55.3 Å². The van der Waals surface area contributed by atoms with Gasteiger partial charge < -0.3 is 10.5 Å². The summed E-state index contributed by atoms with van der Waals surface area (Å²) in [5, 5.41) is 0.201. The third-order valence-corrected chi connectivity index (χ3v) is 6.93. The lowest BCUT2D eigenvalue weighted by Crippen LogP contribution is -2.15. The number of imidazole rings is 1. The molecule has 35 heavy (non-hydrogen) atoms. The van der Waals surface area contributed by atoms with Crippen LogP contribution >= 0.6 is 23.1 Å². The van der Waals surface area contributed by atoms with Crippen molar-refractivity contribution in [2.45, 2.75) is 4.90 Å². The Morgan fingerprint density at radius 1 is 1.03 bits per heavy atom. The number of aromatic nitrogens is 6. The van der Waals surface area contributed by atoms with E-state index in [1.807, 2.05) is 4.72 Å². The van der Waals surface area contributed by atoms with Crippen molar-refractivity contribution in [1.29, 1.82) is 0 Å². The number of ether oxygens (including phenoxy) is 1. The summed E-state index contributed by atoms with van der Waals surface area (Å²) in [7, 11) is -4.47. The zero-order chi connectivity index (χ0) is 24.7. The van der Waals surface area contributed by atoms with E-state index in [-0.39, 0.29) is 28.0 Å². The van der Waals surface area contributed by atoms with Crippen molar-refractivity contribution in [2.24, 2.45) is 0 Å². The summed E-state index contributed by atoms with van der Waals surface area (Å²) in [4.78, 5) is 14.9. The lowest BCUT2D eigenvalue weighted by Gasteiger charge is -2.15. The zero-order valence-electron chi connectivity index (χ0n) is 17.1. The molecule has 0 spiro atoms. The molecule has 0 atom stereocenters. The molecule has 0 saturated heterocycles. The van der Waals surface area contributed by atoms with Crippen LogP contribution in [-0.4, -0.2) is 37.3 Å². The molecule has 0 unspecified atom stereocenters. The Kier molecular flexibility index (Phi) is 5.66. The van der Waals surface area contributed by atoms with E-state index in [0.717, 1.165) is 17.9 Å². The first-order valence-electron chi connectivity index (χ1n) is 9.43. The van der Waals surface area contributed by atoms with Crippen LogP contribution in [0.5, 0.6) is 11.5 Å². The van der Waals surface area contributed by atoms with E-state index in [9.17, 15) is 17.2 Å². The van der Waals surface area contributed by atoms with Gasteiger partial charge in [0.05, 0.1) is 5.69 Å². The number of nitrogen functional groups attached to an aromatic ring is 1. The predicted molar refractivity (Wildman–Crippen MR) is 123 cm³/mol. The smallest absolute Gasteiger partial charge is 0.266 e. The van der Waals surface area contributed by atoms with Crippen molar-refractivity contribution in [3.8, 4) is 17.2 Å². The van der Waals surface area contributed by atoms with Gasteiger partial charge in [-0.3, -0.25) is 9.29 Å². The predicted octanol–water partition coefficient (Wildman–Crippen LogP) is 3.77. The fourth-order valence-electron chi connectivity index (χ4n) is 3.13. The molecular formula is C19H11ClF2N8O3S2. The van der Waals surface area contributed by atoms with Gasteiger partial charge in [0, 0.05) is 28.7 Å². The SMILES string of the molecule is Nc1ncnc2ncn(-c3cc(Cl)ccc3Oc3cc(F)c(S(=O)(=O)Nc4ncns4)cc3F)c12. The van der Waals surface area contributed by atoms with E-state index in [1.54, 1.807) is 0 Å². The molecule has 0 aliphatic carbocycles. The van der Waals surface area contributed by atoms with Gasteiger partial charge in [-0.1, -0.05) is 11.6 Å². The molecule has 0 bridgehead atoms. The van der Waals surface area contributed by atoms with Crippen molar-refractivity contribution in [3.05, 3.63) is 66.0 Å². The van der Waals surface area contributed by atoms with Gasteiger partial charge in [-0.15, -0.1) is 0 Å². The average Bonchev–Trinajstić information content (AvgIpc) is 3.47. The van der Waals surface area contributed by atoms with E-state index in [4.69, 9.17) is 22.1 Å². The lowest BCUT2D eigenvalue weighted by atomic mass is 10.2. The molecule has 2 aromatic carbocycles. The highest BCUT2D eigenvalue weighted by Gasteiger charge is 2.25. The number of rotatable bonds is 6. The Hall–Kier alpha value is -3.95. The number of nitrogens with zero attached hydrogens (tertiary/aromatic N) is 6. The van der Waals surface area contributed by atoms with Gasteiger partial charge in [0.15, 0.2) is 28.8 Å². The van der Waals surface area contributed by atoms with Crippen LogP contribution in [0.25, 0.3) is 16.9 Å². The Morgan fingerprint density at radius 2 is 1.86 bits per heavy atom. The number of fused-ring (bicyclic) bond motifs is 1. The van der Waals surface area contributed by atoms with Crippen molar-refractivity contribution < 1.29 is 21.9 Å². The second-order valence-corrected chi connectivity index (χ2v) is 9.69. The molecule has 5 rings (SSSR count). The highest BCUT2D eigenvalue weighted by molar-refractivity contribution is 7.93. The highest BCUT2D eigenvalue weighted by Crippen LogP contribution is 2.35. The van der Waals surface area contributed by atoms with Gasteiger partial charge in [-0.25, -0.2) is 37.1 Å². The van der Waals surface area contributed by atoms with Crippen LogP contribution in [0.2, 0.25) is 5.02 Å². The molecule has 3 aromatic heterocycles. The van der Waals surface area contributed by atoms with Crippen LogP contribution in [0.15, 0.2) is 54.2 Å². The number of halogens is 3. The number of benzene rings is 2. The van der Waals surface area contributed by atoms with Crippen molar-refractivity contribution in [1.82, 2.24) is 28.9 Å². The summed E-state index contributed by atoms with van der Waals surface area (Å²) in [5.74, 6) is -2.80. The van der Waals surface area contributed by atoms with E-state index in [1.165, 1.54) is 35.4 Å². The molecule has 178 valence electrons. The molecular weight excluding hydrogens is 526 g/mol. The fourth-order valence-corrected chi connectivity index (χ4v) is 5.03. The number of sulfonamides is 1. The third kappa shape index (κ3) is 4.31. The minimum Gasteiger partial charge on any atom is -0.452 e. The van der Waals surface area contributed by atoms with Crippen LogP contribution in [-0.2, 0) is 10.0 Å². The fraction of sp³-hybridized carbons (Fsp3) is 0. The molecule has 3 N–H and O–H groups in total. The quantitative estimate of drug-likeness (QED) is 0.330. The van der Waals surface area contributed by atoms with Gasteiger partial charge >= 0.3 is 0 Å². The Balaban J connectivity index is 1.55. The summed E-state index contributed by atoms with van der Waals surface area (Å²) in [6.07, 6.45) is 3.75. The number of anilines is 2. The van der Waals surface area contributed by atoms with Gasteiger partial charge in [0.2, 0.25) is 5.13 Å². The molecule has 0 aliphatic rings. The highest BCUT2D eigenvalue weighted by atomic mass is 35.5. The molecule has 0 saturated carbocycles. The average molecular weight is 537 g/mol. The van der Waals surface area contributed by atoms with Gasteiger partial charge in [0.25, 0.3) is 10.0 Å². The second-order valence-electron chi connectivity index (χ2n) is 6.82. The van der Waals surface area contributed by atoms with Crippen LogP contribution < -0.4 is 15.2 Å². The van der Waals surface area contributed by atoms with E-state index < -0.39 is 32.3 Å². The maximum atomic E-state index is 14.9. The van der Waals surface area contributed by atoms with Crippen LogP contribution in [0.1, 0.15) is 0 Å². The van der Waals surface area contributed by atoms with Gasteiger partial charge in [0.1, 0.15) is 35.2 Å². The first-order valence-corrected chi connectivity index (χ1v) is 12.1. The van der Waals surface area contributed by atoms with E-state index in [2.05, 4.69) is 24.3 Å². The lowest BCUT2D eigenvalue weighted by molar-refractivity contribution is 0.431. The largest absolute Gasteiger partial charge is 0.452 e. The monoisotopic (exact) mass is 536 g/mol. The van der Waals surface area contributed by atoms with Crippen LogP contribution in [0.4, 0.5) is 19.7 Å². The number of hydrogen-bond acceptors (Lipinski definition) is 10. The van der Waals surface area contributed by atoms with Gasteiger partial charge in [-0.2, -0.15) is 4.37 Å². The Bertz CT molecular complexity index is 1680. The minimum absolute atomic E-state index is 0.0397. The van der Waals surface area contributed by atoms with Crippen molar-refractivity contribution in [3.63, 3.8) is 0 Å². The van der Waals surface area contributed by atoms with E-state index in [0.29, 0.717) is 22.7 Å². The van der Waals surface area contributed by atoms with Crippen LogP contribution in [0.3, 0.4) is 0 Å². The third-order valence-electron chi connectivity index (χ3n) is 4.63. The summed E-state index contributed by atoms with van der Waals surface area (Å²) >= 11 is 6.88. The zero-order valence-corrected chi connectivity index (χ0v) is 19.4. The standard InChI is InChI=1S/C19H11ClF2N8O3S2/c20-9-1-2-13(12(3-9)30-8-27-18-16(30)17(23)24-6-25-18)33-14-4-11(22)15(5-10(14)21)35(31,32)29-19-26-7-28-34-19/h1-8H,(H2,23,24,25)(H,26,28,29). The maximum absolute atomic E-state index is 14.9. The summed E-state index contributed by atoms with van der Waals surface area (Å²) in [6, 6.07) is 5.50. The second kappa shape index (κ2) is 8.68. The normalized spacial score (nSPS) is 11.6. The summed E-state index contributed by atoms with van der Waals surface area (Å²) < 4.78 is 67.4. The molecule has 0 radical (unpaired) electrons. The summed E-state index contributed by atoms with van der Waals surface area (Å²) in [6.45, 7) is 0. The topological polar surface area (TPSA) is 151 Å². The van der Waals surface area contributed by atoms with Crippen LogP contribution in [0, 0.1) is 11.6 Å². The molecule has 0 amide bonds. The van der Waals surface area contributed by atoms with E-state index >= 15 is 0 Å². The summed E-state index contributed by atoms with van der Waals surface area (Å²) in [5.41, 5.74) is 6.87. The first-order chi connectivity index (χ1) is 16.7. The number of nitrogens with one attached hydrogen (secondary N) is 1. The molecule has 3 heterocycles. The molecule has 5 aromatic rings. The molecule has 0 fully saturated rings. The number of nitrogens with two attached hydrogens (primary N) is 1. The van der Waals surface area contributed by atoms with Gasteiger partial charge in [-0.05, 0) is 18.2 Å². The minimum atomic E-state index is -4.47. The molecule has 0 aliphatic heterocycles. The Morgan fingerprint density at radius 3 is 2.63 bits per heavy atom. The maximum Gasteiger partial charge on any atom is 0.266 e. The molecule has 16 heteroatoms. The molecule has 11 nitrogen and oxygen atoms in total. The Labute approximate surface area is 204 Å². The number of hydrogen-bond donors (Lipinski definition) is 2. The van der Waals surface area contributed by atoms with Crippen molar-refractivity contribution in [2.75, 3.05) is 10.5 Å².